The maximum atomic E-state index is 14.0. The molecule has 0 radical (unpaired) electrons. The Labute approximate surface area is 98.5 Å². The van der Waals surface area contributed by atoms with Crippen LogP contribution in [0.2, 0.25) is 0 Å². The zero-order valence-corrected chi connectivity index (χ0v) is 9.71. The van der Waals surface area contributed by atoms with Gasteiger partial charge in [0.1, 0.15) is 5.75 Å². The fourth-order valence-corrected chi connectivity index (χ4v) is 1.77. The summed E-state index contributed by atoms with van der Waals surface area (Å²) in [6.07, 6.45) is 0. The lowest BCUT2D eigenvalue weighted by atomic mass is 10.1. The van der Waals surface area contributed by atoms with Gasteiger partial charge < -0.3 is 9.47 Å². The quantitative estimate of drug-likeness (QED) is 0.585. The predicted octanol–water partition coefficient (Wildman–Crippen LogP) is 1.86. The van der Waals surface area contributed by atoms with E-state index >= 15 is 0 Å². The van der Waals surface area contributed by atoms with Crippen molar-refractivity contribution in [3.05, 3.63) is 28.2 Å². The van der Waals surface area contributed by atoms with Gasteiger partial charge >= 0.3 is 11.8 Å². The Hall–Kier alpha value is -1.43. The van der Waals surface area contributed by atoms with Crippen LogP contribution in [0.1, 0.15) is 10.4 Å². The Bertz CT molecular complexity index is 488. The fourth-order valence-electron chi connectivity index (χ4n) is 1.41. The lowest BCUT2D eigenvalue weighted by Crippen LogP contribution is -2.44. The highest BCUT2D eigenvalue weighted by Crippen LogP contribution is 2.38. The average Bonchev–Trinajstić information content (AvgIpc) is 2.52. The molecule has 2 rings (SSSR count). The maximum absolute atomic E-state index is 14.0. The fraction of sp³-hybridized carbons (Fsp3) is 0.200. The Kier molecular flexibility index (Phi) is 2.46. The minimum absolute atomic E-state index is 0.0160. The normalized spacial score (nSPS) is 22.6. The molecule has 0 unspecified atom stereocenters. The van der Waals surface area contributed by atoms with Crippen molar-refractivity contribution in [2.45, 2.75) is 5.85 Å². The van der Waals surface area contributed by atoms with Gasteiger partial charge in [0, 0.05) is 4.47 Å². The summed E-state index contributed by atoms with van der Waals surface area (Å²) in [6.45, 7) is 0. The molecule has 0 N–H and O–H groups in total. The van der Waals surface area contributed by atoms with Gasteiger partial charge in [0.25, 0.3) is 5.78 Å². The molecule has 0 saturated carbocycles. The first kappa shape index (κ1) is 11.1. The van der Waals surface area contributed by atoms with Crippen LogP contribution in [0.3, 0.4) is 0 Å². The van der Waals surface area contributed by atoms with E-state index in [0.717, 1.165) is 7.11 Å². The Morgan fingerprint density at radius 1 is 1.56 bits per heavy atom. The monoisotopic (exact) mass is 288 g/mol. The van der Waals surface area contributed by atoms with Crippen molar-refractivity contribution in [1.82, 2.24) is 0 Å². The first-order chi connectivity index (χ1) is 7.49. The molecule has 84 valence electrons. The number of methoxy groups -OCH3 is 1. The van der Waals surface area contributed by atoms with Crippen LogP contribution in [0, 0.1) is 0 Å². The first-order valence-electron chi connectivity index (χ1n) is 4.29. The van der Waals surface area contributed by atoms with Crippen LogP contribution in [0.4, 0.5) is 4.39 Å². The van der Waals surface area contributed by atoms with Gasteiger partial charge in [-0.1, -0.05) is 15.9 Å². The number of fused-ring (bicyclic) bond motifs is 1. The third kappa shape index (κ3) is 1.41. The van der Waals surface area contributed by atoms with E-state index in [2.05, 4.69) is 20.7 Å². The molecule has 0 fully saturated rings. The van der Waals surface area contributed by atoms with Crippen molar-refractivity contribution in [3.63, 3.8) is 0 Å². The summed E-state index contributed by atoms with van der Waals surface area (Å²) in [5.74, 6) is -5.43. The lowest BCUT2D eigenvalue weighted by Gasteiger charge is -2.13. The zero-order valence-electron chi connectivity index (χ0n) is 8.12. The molecule has 0 amide bonds. The van der Waals surface area contributed by atoms with Gasteiger partial charge in [0.15, 0.2) is 0 Å². The van der Waals surface area contributed by atoms with E-state index in [-0.39, 0.29) is 11.3 Å². The molecular weight excluding hydrogens is 283 g/mol. The standard InChI is InChI=1S/C10H6BrFO4/c1-15-9(14)10(12)8(13)6-4-5(11)2-3-7(6)16-10/h2-4H,1H3/t10-/m0/s1. The van der Waals surface area contributed by atoms with Crippen LogP contribution >= 0.6 is 15.9 Å². The molecular formula is C10H6BrFO4. The molecule has 1 atom stereocenters. The number of halogens is 2. The smallest absolute Gasteiger partial charge is 0.410 e. The largest absolute Gasteiger partial charge is 0.464 e. The Morgan fingerprint density at radius 3 is 2.88 bits per heavy atom. The molecule has 4 nitrogen and oxygen atoms in total. The number of ether oxygens (including phenoxy) is 2. The second-order valence-electron chi connectivity index (χ2n) is 3.16. The van der Waals surface area contributed by atoms with Crippen molar-refractivity contribution in [2.24, 2.45) is 0 Å². The predicted molar refractivity (Wildman–Crippen MR) is 55.0 cm³/mol. The molecule has 1 heterocycles. The van der Waals surface area contributed by atoms with Crippen molar-refractivity contribution < 1.29 is 23.5 Å². The van der Waals surface area contributed by atoms with E-state index in [1.54, 1.807) is 6.07 Å². The van der Waals surface area contributed by atoms with Crippen LogP contribution in [-0.2, 0) is 9.53 Å². The van der Waals surface area contributed by atoms with E-state index in [0.29, 0.717) is 4.47 Å². The Morgan fingerprint density at radius 2 is 2.25 bits per heavy atom. The highest BCUT2D eigenvalue weighted by atomic mass is 79.9. The molecule has 0 bridgehead atoms. The number of benzene rings is 1. The van der Waals surface area contributed by atoms with E-state index in [9.17, 15) is 14.0 Å². The molecule has 1 aromatic rings. The lowest BCUT2D eigenvalue weighted by molar-refractivity contribution is -0.166. The number of alkyl halides is 1. The van der Waals surface area contributed by atoms with E-state index in [1.807, 2.05) is 0 Å². The topological polar surface area (TPSA) is 52.6 Å². The SMILES string of the molecule is COC(=O)[C@@]1(F)Oc2ccc(Br)cc2C1=O. The van der Waals surface area contributed by atoms with Crippen LogP contribution in [-0.4, -0.2) is 24.7 Å². The van der Waals surface area contributed by atoms with E-state index in [1.165, 1.54) is 12.1 Å². The van der Waals surface area contributed by atoms with Gasteiger partial charge in [-0.05, 0) is 18.2 Å². The summed E-state index contributed by atoms with van der Waals surface area (Å²) in [5.41, 5.74) is 0.0160. The van der Waals surface area contributed by atoms with Crippen LogP contribution in [0.5, 0.6) is 5.75 Å². The highest BCUT2D eigenvalue weighted by Gasteiger charge is 2.56. The third-order valence-corrected chi connectivity index (χ3v) is 2.67. The number of hydrogen-bond donors (Lipinski definition) is 0. The van der Waals surface area contributed by atoms with E-state index in [4.69, 9.17) is 4.74 Å². The minimum Gasteiger partial charge on any atom is -0.464 e. The van der Waals surface area contributed by atoms with Crippen molar-refractivity contribution in [2.75, 3.05) is 7.11 Å². The number of esters is 1. The summed E-state index contributed by atoms with van der Waals surface area (Å²) < 4.78 is 23.5. The zero-order chi connectivity index (χ0) is 11.9. The van der Waals surface area contributed by atoms with Gasteiger partial charge in [-0.15, -0.1) is 0 Å². The number of Topliss-reactive ketones (excluding diaryl/α,β-unsaturated/α-hetero) is 1. The molecule has 0 saturated heterocycles. The number of ketones is 1. The van der Waals surface area contributed by atoms with Crippen LogP contribution in [0.25, 0.3) is 0 Å². The summed E-state index contributed by atoms with van der Waals surface area (Å²) in [5, 5.41) is 0. The molecule has 1 aromatic carbocycles. The molecule has 6 heteroatoms. The number of rotatable bonds is 1. The Balaban J connectivity index is 2.49. The summed E-state index contributed by atoms with van der Waals surface area (Å²) in [7, 11) is 0.985. The molecule has 1 aliphatic heterocycles. The maximum Gasteiger partial charge on any atom is 0.410 e. The van der Waals surface area contributed by atoms with Crippen molar-refractivity contribution in [3.8, 4) is 5.75 Å². The first-order valence-corrected chi connectivity index (χ1v) is 5.09. The molecule has 0 spiro atoms. The van der Waals surface area contributed by atoms with Crippen LogP contribution < -0.4 is 4.74 Å². The van der Waals surface area contributed by atoms with Crippen LogP contribution in [0.15, 0.2) is 22.7 Å². The number of carbonyl (C=O) groups is 2. The summed E-state index contributed by atoms with van der Waals surface area (Å²) >= 11 is 3.14. The van der Waals surface area contributed by atoms with Gasteiger partial charge in [-0.3, -0.25) is 4.79 Å². The van der Waals surface area contributed by atoms with Gasteiger partial charge in [0.2, 0.25) is 0 Å². The second-order valence-corrected chi connectivity index (χ2v) is 4.07. The summed E-state index contributed by atoms with van der Waals surface area (Å²) in [6, 6.07) is 4.37. The number of carbonyl (C=O) groups excluding carboxylic acids is 2. The highest BCUT2D eigenvalue weighted by molar-refractivity contribution is 9.10. The third-order valence-electron chi connectivity index (χ3n) is 2.18. The minimum atomic E-state index is -3.06. The molecule has 1 aliphatic rings. The number of hydrogen-bond acceptors (Lipinski definition) is 4. The van der Waals surface area contributed by atoms with Crippen molar-refractivity contribution in [1.29, 1.82) is 0 Å². The average molecular weight is 289 g/mol. The van der Waals surface area contributed by atoms with Gasteiger partial charge in [-0.2, -0.15) is 4.39 Å². The van der Waals surface area contributed by atoms with Gasteiger partial charge in [-0.25, -0.2) is 4.79 Å². The van der Waals surface area contributed by atoms with Gasteiger partial charge in [0.05, 0.1) is 12.7 Å². The van der Waals surface area contributed by atoms with Crippen molar-refractivity contribution >= 4 is 27.7 Å². The molecule has 16 heavy (non-hydrogen) atoms. The van der Waals surface area contributed by atoms with E-state index < -0.39 is 17.6 Å². The second kappa shape index (κ2) is 3.55. The molecule has 0 aliphatic carbocycles. The molecule has 0 aromatic heterocycles. The summed E-state index contributed by atoms with van der Waals surface area (Å²) in [4.78, 5) is 22.8.